The summed E-state index contributed by atoms with van der Waals surface area (Å²) < 4.78 is 2.07. The highest BCUT2D eigenvalue weighted by molar-refractivity contribution is 9.10. The zero-order chi connectivity index (χ0) is 13.3. The van der Waals surface area contributed by atoms with Crippen LogP contribution in [-0.2, 0) is 7.05 Å². The topological polar surface area (TPSA) is 85.8 Å². The first-order valence-electron chi connectivity index (χ1n) is 4.89. The summed E-state index contributed by atoms with van der Waals surface area (Å²) in [4.78, 5) is 15.8. The third-order valence-electron chi connectivity index (χ3n) is 2.13. The van der Waals surface area contributed by atoms with Crippen LogP contribution in [0.5, 0.6) is 0 Å². The molecule has 0 saturated carbocycles. The normalized spacial score (nSPS) is 10.4. The van der Waals surface area contributed by atoms with Gasteiger partial charge in [-0.2, -0.15) is 5.10 Å². The zero-order valence-electron chi connectivity index (χ0n) is 9.32. The maximum atomic E-state index is 11.9. The van der Waals surface area contributed by atoms with E-state index >= 15 is 0 Å². The molecule has 0 aliphatic rings. The van der Waals surface area contributed by atoms with Crippen LogP contribution >= 0.6 is 27.5 Å². The lowest BCUT2D eigenvalue weighted by molar-refractivity contribution is 0.102. The van der Waals surface area contributed by atoms with E-state index in [0.29, 0.717) is 21.0 Å². The van der Waals surface area contributed by atoms with Gasteiger partial charge in [0, 0.05) is 13.2 Å². The summed E-state index contributed by atoms with van der Waals surface area (Å²) in [5.74, 6) is -0.399. The van der Waals surface area contributed by atoms with Crippen LogP contribution in [0.3, 0.4) is 0 Å². The van der Waals surface area contributed by atoms with Crippen molar-refractivity contribution in [3.05, 3.63) is 33.8 Å². The van der Waals surface area contributed by atoms with Gasteiger partial charge in [0.2, 0.25) is 0 Å². The van der Waals surface area contributed by atoms with E-state index in [1.165, 1.54) is 10.9 Å². The Morgan fingerprint density at radius 1 is 1.61 bits per heavy atom. The number of aryl methyl sites for hydroxylation is 1. The van der Waals surface area contributed by atoms with Crippen LogP contribution in [0, 0.1) is 0 Å². The Morgan fingerprint density at radius 2 is 2.33 bits per heavy atom. The van der Waals surface area contributed by atoms with Gasteiger partial charge in [0.05, 0.1) is 22.0 Å². The number of hydrogen-bond donors (Lipinski definition) is 2. The molecule has 0 atom stereocenters. The molecule has 0 saturated heterocycles. The Bertz CT molecular complexity index is 612. The number of anilines is 2. The lowest BCUT2D eigenvalue weighted by Gasteiger charge is -2.04. The van der Waals surface area contributed by atoms with Gasteiger partial charge in [-0.15, -0.1) is 0 Å². The maximum absolute atomic E-state index is 11.9. The maximum Gasteiger partial charge on any atom is 0.278 e. The van der Waals surface area contributed by atoms with Crippen molar-refractivity contribution < 1.29 is 4.79 Å². The van der Waals surface area contributed by atoms with E-state index in [1.807, 2.05) is 0 Å². The van der Waals surface area contributed by atoms with Gasteiger partial charge in [-0.1, -0.05) is 11.6 Å². The summed E-state index contributed by atoms with van der Waals surface area (Å²) in [5, 5.41) is 6.93. The van der Waals surface area contributed by atoms with Crippen LogP contribution in [0.2, 0.25) is 5.15 Å². The zero-order valence-corrected chi connectivity index (χ0v) is 11.7. The minimum Gasteiger partial charge on any atom is -0.396 e. The number of carbonyl (C=O) groups is 1. The average Bonchev–Trinajstić information content (AvgIpc) is 2.63. The molecule has 0 aliphatic carbocycles. The molecule has 0 aliphatic heterocycles. The number of amides is 1. The molecular weight excluding hydrogens is 322 g/mol. The first-order valence-corrected chi connectivity index (χ1v) is 6.06. The average molecular weight is 331 g/mol. The highest BCUT2D eigenvalue weighted by Gasteiger charge is 2.14. The number of nitrogens with zero attached hydrogens (tertiary/aromatic N) is 3. The number of nitrogens with two attached hydrogens (primary N) is 1. The van der Waals surface area contributed by atoms with Crippen molar-refractivity contribution in [1.29, 1.82) is 0 Å². The van der Waals surface area contributed by atoms with Gasteiger partial charge < -0.3 is 11.1 Å². The number of nitrogens with one attached hydrogen (secondary N) is 1. The van der Waals surface area contributed by atoms with Crippen LogP contribution in [-0.4, -0.2) is 20.7 Å². The molecule has 0 spiro atoms. The number of halogens is 2. The van der Waals surface area contributed by atoms with Gasteiger partial charge in [0.1, 0.15) is 5.15 Å². The van der Waals surface area contributed by atoms with E-state index in [-0.39, 0.29) is 5.69 Å². The minimum absolute atomic E-state index is 0.170. The van der Waals surface area contributed by atoms with Gasteiger partial charge in [-0.3, -0.25) is 9.48 Å². The summed E-state index contributed by atoms with van der Waals surface area (Å²) in [7, 11) is 1.69. The summed E-state index contributed by atoms with van der Waals surface area (Å²) in [6, 6.07) is 1.65. The Labute approximate surface area is 116 Å². The van der Waals surface area contributed by atoms with Gasteiger partial charge in [-0.25, -0.2) is 4.98 Å². The third kappa shape index (κ3) is 2.62. The van der Waals surface area contributed by atoms with E-state index in [0.717, 1.165) is 0 Å². The van der Waals surface area contributed by atoms with Crippen molar-refractivity contribution in [3.8, 4) is 0 Å². The fraction of sp³-hybridized carbons (Fsp3) is 0.100. The second kappa shape index (κ2) is 4.95. The van der Waals surface area contributed by atoms with Crippen molar-refractivity contribution in [3.63, 3.8) is 0 Å². The highest BCUT2D eigenvalue weighted by atomic mass is 79.9. The van der Waals surface area contributed by atoms with Gasteiger partial charge in [0.15, 0.2) is 5.69 Å². The summed E-state index contributed by atoms with van der Waals surface area (Å²) in [6.45, 7) is 0. The molecule has 2 rings (SSSR count). The molecule has 0 radical (unpaired) electrons. The minimum atomic E-state index is -0.399. The molecule has 0 bridgehead atoms. The molecule has 0 aromatic carbocycles. The molecule has 0 fully saturated rings. The van der Waals surface area contributed by atoms with E-state index < -0.39 is 5.91 Å². The standard InChI is InChI=1S/C10H9BrClN5O/c1-17-4-7(13)8(16-17)10(18)15-5-2-6(11)9(12)14-3-5/h2-4H,13H2,1H3,(H,15,18). The summed E-state index contributed by atoms with van der Waals surface area (Å²) >= 11 is 8.98. The Hall–Kier alpha value is -1.60. The number of hydrogen-bond acceptors (Lipinski definition) is 4. The van der Waals surface area contributed by atoms with Crippen LogP contribution < -0.4 is 11.1 Å². The Balaban J connectivity index is 2.21. The van der Waals surface area contributed by atoms with Gasteiger partial charge in [-0.05, 0) is 22.0 Å². The van der Waals surface area contributed by atoms with Crippen LogP contribution in [0.15, 0.2) is 22.9 Å². The van der Waals surface area contributed by atoms with Crippen LogP contribution in [0.1, 0.15) is 10.5 Å². The summed E-state index contributed by atoms with van der Waals surface area (Å²) in [6.07, 6.45) is 3.01. The van der Waals surface area contributed by atoms with Gasteiger partial charge >= 0.3 is 0 Å². The fourth-order valence-corrected chi connectivity index (χ4v) is 1.82. The Kier molecular flexibility index (Phi) is 3.53. The molecule has 2 aromatic heterocycles. The smallest absolute Gasteiger partial charge is 0.278 e. The predicted molar refractivity (Wildman–Crippen MR) is 72.5 cm³/mol. The number of pyridine rings is 1. The molecule has 1 amide bonds. The third-order valence-corrected chi connectivity index (χ3v) is 3.26. The van der Waals surface area contributed by atoms with E-state index in [4.69, 9.17) is 17.3 Å². The molecule has 2 heterocycles. The largest absolute Gasteiger partial charge is 0.396 e. The van der Waals surface area contributed by atoms with Gasteiger partial charge in [0.25, 0.3) is 5.91 Å². The number of carbonyl (C=O) groups excluding carboxylic acids is 1. The fourth-order valence-electron chi connectivity index (χ4n) is 1.36. The van der Waals surface area contributed by atoms with Crippen LogP contribution in [0.25, 0.3) is 0 Å². The molecule has 8 heteroatoms. The number of rotatable bonds is 2. The molecular formula is C10H9BrClN5O. The van der Waals surface area contributed by atoms with E-state index in [1.54, 1.807) is 19.3 Å². The predicted octanol–water partition coefficient (Wildman–Crippen LogP) is 2.07. The van der Waals surface area contributed by atoms with Crippen molar-refractivity contribution >= 4 is 44.8 Å². The second-order valence-electron chi connectivity index (χ2n) is 3.56. The molecule has 2 aromatic rings. The van der Waals surface area contributed by atoms with E-state index in [2.05, 4.69) is 31.3 Å². The van der Waals surface area contributed by atoms with Crippen LogP contribution in [0.4, 0.5) is 11.4 Å². The lowest BCUT2D eigenvalue weighted by Crippen LogP contribution is -2.14. The van der Waals surface area contributed by atoms with Crippen molar-refractivity contribution in [2.45, 2.75) is 0 Å². The second-order valence-corrected chi connectivity index (χ2v) is 4.77. The monoisotopic (exact) mass is 329 g/mol. The lowest BCUT2D eigenvalue weighted by atomic mass is 10.3. The molecule has 3 N–H and O–H groups in total. The van der Waals surface area contributed by atoms with E-state index in [9.17, 15) is 4.79 Å². The van der Waals surface area contributed by atoms with Crippen molar-refractivity contribution in [2.24, 2.45) is 7.05 Å². The molecule has 18 heavy (non-hydrogen) atoms. The molecule has 6 nitrogen and oxygen atoms in total. The first kappa shape index (κ1) is 12.8. The highest BCUT2D eigenvalue weighted by Crippen LogP contribution is 2.23. The Morgan fingerprint density at radius 3 is 2.89 bits per heavy atom. The first-order chi connectivity index (χ1) is 8.47. The number of nitrogen functional groups attached to an aromatic ring is 1. The SMILES string of the molecule is Cn1cc(N)c(C(=O)Nc2cnc(Cl)c(Br)c2)n1. The number of aromatic nitrogens is 3. The van der Waals surface area contributed by atoms with Crippen molar-refractivity contribution in [2.75, 3.05) is 11.1 Å². The molecule has 0 unspecified atom stereocenters. The molecule has 94 valence electrons. The summed E-state index contributed by atoms with van der Waals surface area (Å²) in [5.41, 5.74) is 6.65. The van der Waals surface area contributed by atoms with Crippen molar-refractivity contribution in [1.82, 2.24) is 14.8 Å². The quantitative estimate of drug-likeness (QED) is 0.825.